The average molecular weight is 357 g/mol. The summed E-state index contributed by atoms with van der Waals surface area (Å²) in [4.78, 5) is 27.8. The Morgan fingerprint density at radius 1 is 1.35 bits per heavy atom. The molecule has 2 heterocycles. The minimum atomic E-state index is -0.803. The summed E-state index contributed by atoms with van der Waals surface area (Å²) in [7, 11) is 0. The fourth-order valence-electron chi connectivity index (χ4n) is 3.38. The molecule has 1 amide bonds. The fraction of sp³-hybridized carbons (Fsp3) is 0.500. The van der Waals surface area contributed by atoms with E-state index in [1.54, 1.807) is 30.0 Å². The minimum absolute atomic E-state index is 0.0242. The summed E-state index contributed by atoms with van der Waals surface area (Å²) in [6.07, 6.45) is 1.24. The number of benzene rings is 1. The Morgan fingerprint density at radius 3 is 2.70 bits per heavy atom. The summed E-state index contributed by atoms with van der Waals surface area (Å²) in [5.41, 5.74) is -0.116. The molecule has 2 aliphatic rings. The molecule has 3 rings (SSSR count). The Kier molecular flexibility index (Phi) is 4.29. The van der Waals surface area contributed by atoms with Crippen molar-refractivity contribution >= 4 is 40.8 Å². The third kappa shape index (κ3) is 2.93. The zero-order valence-corrected chi connectivity index (χ0v) is 14.3. The number of carboxylic acids is 1. The molecule has 5 nitrogen and oxygen atoms in total. The number of aliphatic carboxylic acids is 1. The number of rotatable bonds is 3. The lowest BCUT2D eigenvalue weighted by molar-refractivity contribution is -0.147. The van der Waals surface area contributed by atoms with Gasteiger partial charge in [-0.15, -0.1) is 0 Å². The van der Waals surface area contributed by atoms with Crippen molar-refractivity contribution in [2.75, 3.05) is 24.5 Å². The van der Waals surface area contributed by atoms with Gasteiger partial charge in [-0.1, -0.05) is 23.2 Å². The number of nitrogens with zero attached hydrogens (tertiary/aromatic N) is 2. The van der Waals surface area contributed by atoms with Gasteiger partial charge in [0.15, 0.2) is 0 Å². The zero-order valence-electron chi connectivity index (χ0n) is 12.8. The molecule has 0 bridgehead atoms. The molecule has 0 aromatic heterocycles. The maximum atomic E-state index is 12.8. The number of hydrogen-bond donors (Lipinski definition) is 1. The van der Waals surface area contributed by atoms with E-state index >= 15 is 0 Å². The van der Waals surface area contributed by atoms with Gasteiger partial charge in [0, 0.05) is 24.7 Å². The van der Waals surface area contributed by atoms with Crippen LogP contribution in [0.2, 0.25) is 10.0 Å². The summed E-state index contributed by atoms with van der Waals surface area (Å²) in [5, 5.41) is 10.3. The molecule has 0 saturated carbocycles. The molecule has 1 N–H and O–H groups in total. The highest BCUT2D eigenvalue weighted by molar-refractivity contribution is 6.36. The summed E-state index contributed by atoms with van der Waals surface area (Å²) < 4.78 is 0. The van der Waals surface area contributed by atoms with Crippen molar-refractivity contribution < 1.29 is 14.7 Å². The van der Waals surface area contributed by atoms with E-state index in [1.807, 2.05) is 4.90 Å². The van der Waals surface area contributed by atoms with Gasteiger partial charge in [-0.25, -0.2) is 0 Å². The summed E-state index contributed by atoms with van der Waals surface area (Å²) in [6, 6.07) is 4.80. The molecule has 2 unspecified atom stereocenters. The lowest BCUT2D eigenvalue weighted by Gasteiger charge is -2.25. The molecule has 124 valence electrons. The topological polar surface area (TPSA) is 60.9 Å². The summed E-state index contributed by atoms with van der Waals surface area (Å²) in [6.45, 7) is 3.34. The Labute approximate surface area is 144 Å². The molecule has 23 heavy (non-hydrogen) atoms. The van der Waals surface area contributed by atoms with Gasteiger partial charge in [0.1, 0.15) is 0 Å². The van der Waals surface area contributed by atoms with E-state index < -0.39 is 11.4 Å². The van der Waals surface area contributed by atoms with Gasteiger partial charge in [0.05, 0.1) is 22.2 Å². The maximum absolute atomic E-state index is 12.8. The number of halogens is 2. The zero-order chi connectivity index (χ0) is 16.8. The smallest absolute Gasteiger partial charge is 0.310 e. The number of hydrogen-bond acceptors (Lipinski definition) is 3. The molecule has 1 aromatic carbocycles. The number of likely N-dealkylation sites (tertiary alicyclic amines) is 1. The lowest BCUT2D eigenvalue weighted by Crippen LogP contribution is -2.42. The van der Waals surface area contributed by atoms with Crippen LogP contribution in [-0.4, -0.2) is 47.6 Å². The molecule has 2 saturated heterocycles. The van der Waals surface area contributed by atoms with Gasteiger partial charge in [-0.3, -0.25) is 14.5 Å². The van der Waals surface area contributed by atoms with E-state index in [0.29, 0.717) is 48.2 Å². The van der Waals surface area contributed by atoms with E-state index in [4.69, 9.17) is 23.2 Å². The molecular formula is C16H18Cl2N2O3. The van der Waals surface area contributed by atoms with Gasteiger partial charge in [-0.05, 0) is 38.0 Å². The first-order chi connectivity index (χ1) is 10.8. The van der Waals surface area contributed by atoms with Crippen LogP contribution in [0.5, 0.6) is 0 Å². The van der Waals surface area contributed by atoms with Gasteiger partial charge in [-0.2, -0.15) is 0 Å². The van der Waals surface area contributed by atoms with Crippen LogP contribution in [-0.2, 0) is 9.59 Å². The molecular weight excluding hydrogens is 339 g/mol. The van der Waals surface area contributed by atoms with Crippen LogP contribution < -0.4 is 4.90 Å². The third-order valence-corrected chi connectivity index (χ3v) is 5.38. The predicted molar refractivity (Wildman–Crippen MR) is 89.2 cm³/mol. The van der Waals surface area contributed by atoms with Gasteiger partial charge in [0.25, 0.3) is 0 Å². The van der Waals surface area contributed by atoms with Crippen molar-refractivity contribution in [3.63, 3.8) is 0 Å². The molecule has 7 heteroatoms. The number of carboxylic acid groups (broad SMARTS) is 1. The monoisotopic (exact) mass is 356 g/mol. The number of carbonyl (C=O) groups is 2. The highest BCUT2D eigenvalue weighted by Crippen LogP contribution is 2.36. The first kappa shape index (κ1) is 16.6. The molecule has 0 spiro atoms. The molecule has 2 atom stereocenters. The number of carbonyl (C=O) groups excluding carboxylic acids is 1. The summed E-state index contributed by atoms with van der Waals surface area (Å²) >= 11 is 12.1. The maximum Gasteiger partial charge on any atom is 0.310 e. The largest absolute Gasteiger partial charge is 0.481 e. The predicted octanol–water partition coefficient (Wildman–Crippen LogP) is 2.90. The van der Waals surface area contributed by atoms with Gasteiger partial charge in [0.2, 0.25) is 5.91 Å². The van der Waals surface area contributed by atoms with Gasteiger partial charge >= 0.3 is 5.97 Å². The van der Waals surface area contributed by atoms with Crippen molar-refractivity contribution in [3.8, 4) is 0 Å². The average Bonchev–Trinajstić information content (AvgIpc) is 3.04. The van der Waals surface area contributed by atoms with Crippen LogP contribution in [0.1, 0.15) is 19.8 Å². The SMILES string of the molecule is CC1(C(=O)O)CCN(C2CCN(c3ccc(Cl)cc3Cl)C2=O)C1. The third-order valence-electron chi connectivity index (χ3n) is 4.84. The molecule has 2 aliphatic heterocycles. The molecule has 0 aliphatic carbocycles. The van der Waals surface area contributed by atoms with E-state index in [-0.39, 0.29) is 11.9 Å². The Balaban J connectivity index is 1.76. The highest BCUT2D eigenvalue weighted by atomic mass is 35.5. The van der Waals surface area contributed by atoms with Crippen LogP contribution in [0.25, 0.3) is 0 Å². The number of anilines is 1. The lowest BCUT2D eigenvalue weighted by atomic mass is 9.90. The minimum Gasteiger partial charge on any atom is -0.481 e. The molecule has 2 fully saturated rings. The fourth-order valence-corrected chi connectivity index (χ4v) is 3.89. The van der Waals surface area contributed by atoms with E-state index in [9.17, 15) is 14.7 Å². The van der Waals surface area contributed by atoms with Crippen molar-refractivity contribution in [2.24, 2.45) is 5.41 Å². The molecule has 0 radical (unpaired) electrons. The standard InChI is InChI=1S/C16H18Cl2N2O3/c1-16(15(22)23)5-7-19(9-16)13-4-6-20(14(13)21)12-3-2-10(17)8-11(12)18/h2-3,8,13H,4-7,9H2,1H3,(H,22,23). The first-order valence-electron chi connectivity index (χ1n) is 7.56. The normalized spacial score (nSPS) is 28.6. The Hall–Kier alpha value is -1.30. The Morgan fingerprint density at radius 2 is 2.09 bits per heavy atom. The van der Waals surface area contributed by atoms with Crippen molar-refractivity contribution in [1.29, 1.82) is 0 Å². The van der Waals surface area contributed by atoms with Crippen LogP contribution in [0.15, 0.2) is 18.2 Å². The highest BCUT2D eigenvalue weighted by Gasteiger charge is 2.46. The second-order valence-corrected chi connectivity index (χ2v) is 7.32. The second-order valence-electron chi connectivity index (χ2n) is 6.48. The second kappa shape index (κ2) is 5.96. The van der Waals surface area contributed by atoms with Crippen LogP contribution >= 0.6 is 23.2 Å². The van der Waals surface area contributed by atoms with E-state index in [1.165, 1.54) is 0 Å². The Bertz CT molecular complexity index is 667. The van der Waals surface area contributed by atoms with Crippen molar-refractivity contribution in [1.82, 2.24) is 4.90 Å². The first-order valence-corrected chi connectivity index (χ1v) is 8.31. The van der Waals surface area contributed by atoms with Crippen molar-refractivity contribution in [3.05, 3.63) is 28.2 Å². The van der Waals surface area contributed by atoms with E-state index in [2.05, 4.69) is 0 Å². The number of amides is 1. The molecule has 1 aromatic rings. The van der Waals surface area contributed by atoms with E-state index in [0.717, 1.165) is 0 Å². The quantitative estimate of drug-likeness (QED) is 0.904. The summed E-state index contributed by atoms with van der Waals surface area (Å²) in [5.74, 6) is -0.827. The van der Waals surface area contributed by atoms with Gasteiger partial charge < -0.3 is 10.0 Å². The van der Waals surface area contributed by atoms with Crippen LogP contribution in [0.4, 0.5) is 5.69 Å². The van der Waals surface area contributed by atoms with Crippen molar-refractivity contribution in [2.45, 2.75) is 25.8 Å². The van der Waals surface area contributed by atoms with Crippen LogP contribution in [0, 0.1) is 5.41 Å². The van der Waals surface area contributed by atoms with Crippen LogP contribution in [0.3, 0.4) is 0 Å².